The molecular weight excluding hydrogens is 240 g/mol. The summed E-state index contributed by atoms with van der Waals surface area (Å²) in [7, 11) is 0. The second kappa shape index (κ2) is 6.89. The zero-order chi connectivity index (χ0) is 13.7. The van der Waals surface area contributed by atoms with Gasteiger partial charge in [-0.3, -0.25) is 4.90 Å². The van der Waals surface area contributed by atoms with Crippen molar-refractivity contribution in [2.75, 3.05) is 26.2 Å². The van der Waals surface area contributed by atoms with Gasteiger partial charge in [0.15, 0.2) is 0 Å². The van der Waals surface area contributed by atoms with E-state index in [0.29, 0.717) is 25.4 Å². The molecule has 1 saturated heterocycles. The number of ether oxygens (including phenoxy) is 2. The standard InChI is InChI=1S/C15H24N2O2/c1-12-10-17(11-13(2)19-12)7-8-18-15-6-4-3-5-14(15)9-16/h3-6,12-13H,7-11,16H2,1-2H3. The Hall–Kier alpha value is -1.10. The maximum atomic E-state index is 5.84. The molecule has 19 heavy (non-hydrogen) atoms. The maximum absolute atomic E-state index is 5.84. The largest absolute Gasteiger partial charge is 0.492 e. The first-order valence-electron chi connectivity index (χ1n) is 6.97. The first kappa shape index (κ1) is 14.3. The first-order chi connectivity index (χ1) is 9.19. The lowest BCUT2D eigenvalue weighted by molar-refractivity contribution is -0.0699. The van der Waals surface area contributed by atoms with E-state index in [1.54, 1.807) is 0 Å². The van der Waals surface area contributed by atoms with Crippen molar-refractivity contribution in [2.45, 2.75) is 32.6 Å². The summed E-state index contributed by atoms with van der Waals surface area (Å²) < 4.78 is 11.6. The highest BCUT2D eigenvalue weighted by Gasteiger charge is 2.21. The summed E-state index contributed by atoms with van der Waals surface area (Å²) in [6, 6.07) is 7.95. The molecule has 1 heterocycles. The van der Waals surface area contributed by atoms with Gasteiger partial charge in [0.2, 0.25) is 0 Å². The summed E-state index contributed by atoms with van der Waals surface area (Å²) in [6.07, 6.45) is 0.611. The van der Waals surface area contributed by atoms with Gasteiger partial charge < -0.3 is 15.2 Å². The molecule has 2 unspecified atom stereocenters. The molecule has 1 aromatic rings. The molecule has 0 spiro atoms. The van der Waals surface area contributed by atoms with Crippen LogP contribution in [0.3, 0.4) is 0 Å². The molecule has 2 atom stereocenters. The number of nitrogens with zero attached hydrogens (tertiary/aromatic N) is 1. The minimum atomic E-state index is 0.306. The van der Waals surface area contributed by atoms with Gasteiger partial charge in [0.05, 0.1) is 12.2 Å². The topological polar surface area (TPSA) is 47.7 Å². The molecule has 1 aliphatic rings. The van der Waals surface area contributed by atoms with Gasteiger partial charge in [-0.2, -0.15) is 0 Å². The molecule has 0 bridgehead atoms. The second-order valence-electron chi connectivity index (χ2n) is 5.18. The fourth-order valence-electron chi connectivity index (χ4n) is 2.56. The van der Waals surface area contributed by atoms with Gasteiger partial charge in [-0.25, -0.2) is 0 Å². The molecule has 2 N–H and O–H groups in total. The SMILES string of the molecule is CC1CN(CCOc2ccccc2CN)CC(C)O1. The number of hydrogen-bond donors (Lipinski definition) is 1. The molecule has 0 aliphatic carbocycles. The van der Waals surface area contributed by atoms with Crippen molar-refractivity contribution < 1.29 is 9.47 Å². The lowest BCUT2D eigenvalue weighted by atomic mass is 10.2. The smallest absolute Gasteiger partial charge is 0.123 e. The van der Waals surface area contributed by atoms with Crippen LogP contribution in [-0.4, -0.2) is 43.3 Å². The van der Waals surface area contributed by atoms with Crippen LogP contribution in [0.2, 0.25) is 0 Å². The van der Waals surface area contributed by atoms with Crippen LogP contribution >= 0.6 is 0 Å². The number of para-hydroxylation sites is 1. The molecule has 0 radical (unpaired) electrons. The molecule has 1 aliphatic heterocycles. The van der Waals surface area contributed by atoms with Crippen molar-refractivity contribution >= 4 is 0 Å². The minimum Gasteiger partial charge on any atom is -0.492 e. The van der Waals surface area contributed by atoms with E-state index in [9.17, 15) is 0 Å². The van der Waals surface area contributed by atoms with Crippen LogP contribution in [0.5, 0.6) is 5.75 Å². The highest BCUT2D eigenvalue weighted by Crippen LogP contribution is 2.17. The Morgan fingerprint density at radius 2 is 1.95 bits per heavy atom. The van der Waals surface area contributed by atoms with Gasteiger partial charge in [-0.05, 0) is 19.9 Å². The predicted molar refractivity (Wildman–Crippen MR) is 76.3 cm³/mol. The van der Waals surface area contributed by atoms with E-state index in [1.807, 2.05) is 24.3 Å². The summed E-state index contributed by atoms with van der Waals surface area (Å²) in [5, 5.41) is 0. The van der Waals surface area contributed by atoms with Crippen molar-refractivity contribution in [3.05, 3.63) is 29.8 Å². The van der Waals surface area contributed by atoms with Gasteiger partial charge in [-0.1, -0.05) is 18.2 Å². The summed E-state index contributed by atoms with van der Waals surface area (Å²) in [4.78, 5) is 2.39. The zero-order valence-electron chi connectivity index (χ0n) is 11.8. The normalized spacial score (nSPS) is 24.4. The number of benzene rings is 1. The van der Waals surface area contributed by atoms with Crippen LogP contribution in [0, 0.1) is 0 Å². The van der Waals surface area contributed by atoms with Crippen molar-refractivity contribution in [1.29, 1.82) is 0 Å². The Labute approximate surface area is 115 Å². The third kappa shape index (κ3) is 4.20. The third-order valence-electron chi connectivity index (χ3n) is 3.35. The highest BCUT2D eigenvalue weighted by atomic mass is 16.5. The molecule has 0 aromatic heterocycles. The molecule has 4 heteroatoms. The fraction of sp³-hybridized carbons (Fsp3) is 0.600. The molecule has 4 nitrogen and oxygen atoms in total. The number of hydrogen-bond acceptors (Lipinski definition) is 4. The van der Waals surface area contributed by atoms with E-state index in [2.05, 4.69) is 18.7 Å². The Morgan fingerprint density at radius 3 is 2.63 bits per heavy atom. The molecule has 2 rings (SSSR count). The fourth-order valence-corrected chi connectivity index (χ4v) is 2.56. The van der Waals surface area contributed by atoms with E-state index in [0.717, 1.165) is 30.9 Å². The highest BCUT2D eigenvalue weighted by molar-refractivity contribution is 5.32. The Kier molecular flexibility index (Phi) is 5.19. The van der Waals surface area contributed by atoms with Crippen LogP contribution in [0.15, 0.2) is 24.3 Å². The number of rotatable bonds is 5. The molecule has 1 aromatic carbocycles. The van der Waals surface area contributed by atoms with E-state index >= 15 is 0 Å². The summed E-state index contributed by atoms with van der Waals surface area (Å²) in [5.74, 6) is 0.902. The quantitative estimate of drug-likeness (QED) is 0.878. The van der Waals surface area contributed by atoms with Gasteiger partial charge >= 0.3 is 0 Å². The van der Waals surface area contributed by atoms with Crippen molar-refractivity contribution in [1.82, 2.24) is 4.90 Å². The third-order valence-corrected chi connectivity index (χ3v) is 3.35. The molecular formula is C15H24N2O2. The van der Waals surface area contributed by atoms with Gasteiger partial charge in [0.1, 0.15) is 12.4 Å². The average Bonchev–Trinajstić information content (AvgIpc) is 2.38. The average molecular weight is 264 g/mol. The minimum absolute atomic E-state index is 0.306. The van der Waals surface area contributed by atoms with Crippen LogP contribution in [0.25, 0.3) is 0 Å². The Bertz CT molecular complexity index is 387. The first-order valence-corrected chi connectivity index (χ1v) is 6.97. The zero-order valence-corrected chi connectivity index (χ0v) is 11.8. The van der Waals surface area contributed by atoms with Crippen LogP contribution in [0.4, 0.5) is 0 Å². The van der Waals surface area contributed by atoms with E-state index in [-0.39, 0.29) is 0 Å². The second-order valence-corrected chi connectivity index (χ2v) is 5.18. The van der Waals surface area contributed by atoms with Gasteiger partial charge in [0, 0.05) is 31.7 Å². The van der Waals surface area contributed by atoms with Crippen LogP contribution in [0.1, 0.15) is 19.4 Å². The molecule has 0 amide bonds. The van der Waals surface area contributed by atoms with Crippen LogP contribution < -0.4 is 10.5 Å². The number of nitrogens with two attached hydrogens (primary N) is 1. The predicted octanol–water partition coefficient (Wildman–Crippen LogP) is 1.63. The van der Waals surface area contributed by atoms with Crippen LogP contribution in [-0.2, 0) is 11.3 Å². The molecule has 0 saturated carbocycles. The Morgan fingerprint density at radius 1 is 1.26 bits per heavy atom. The number of morpholine rings is 1. The van der Waals surface area contributed by atoms with Crippen molar-refractivity contribution in [3.8, 4) is 5.75 Å². The van der Waals surface area contributed by atoms with Crippen molar-refractivity contribution in [2.24, 2.45) is 5.73 Å². The summed E-state index contributed by atoms with van der Waals surface area (Å²) in [5.41, 5.74) is 6.76. The van der Waals surface area contributed by atoms with E-state index < -0.39 is 0 Å². The summed E-state index contributed by atoms with van der Waals surface area (Å²) >= 11 is 0. The maximum Gasteiger partial charge on any atom is 0.123 e. The van der Waals surface area contributed by atoms with Crippen molar-refractivity contribution in [3.63, 3.8) is 0 Å². The van der Waals surface area contributed by atoms with E-state index in [1.165, 1.54) is 0 Å². The van der Waals surface area contributed by atoms with E-state index in [4.69, 9.17) is 15.2 Å². The lowest BCUT2D eigenvalue weighted by Gasteiger charge is -2.35. The monoisotopic (exact) mass is 264 g/mol. The van der Waals surface area contributed by atoms with Gasteiger partial charge in [-0.15, -0.1) is 0 Å². The van der Waals surface area contributed by atoms with Gasteiger partial charge in [0.25, 0.3) is 0 Å². The molecule has 1 fully saturated rings. The molecule has 106 valence electrons. The Balaban J connectivity index is 1.80. The lowest BCUT2D eigenvalue weighted by Crippen LogP contribution is -2.46. The summed E-state index contributed by atoms with van der Waals surface area (Å²) in [6.45, 7) is 8.33.